The SMILES string of the molecule is CCCCCCc1ccc2[nH]c(C)c(CC)c2c1. The van der Waals surface area contributed by atoms with E-state index in [0.717, 1.165) is 6.42 Å². The van der Waals surface area contributed by atoms with Gasteiger partial charge in [0.25, 0.3) is 0 Å². The minimum atomic E-state index is 1.12. The second kappa shape index (κ2) is 6.08. The Bertz CT molecular complexity index is 508. The molecule has 0 saturated carbocycles. The Morgan fingerprint density at radius 2 is 1.89 bits per heavy atom. The van der Waals surface area contributed by atoms with E-state index in [9.17, 15) is 0 Å². The molecule has 0 atom stereocenters. The number of hydrogen-bond donors (Lipinski definition) is 1. The Morgan fingerprint density at radius 3 is 2.61 bits per heavy atom. The Hall–Kier alpha value is -1.24. The molecule has 0 aliphatic carbocycles. The van der Waals surface area contributed by atoms with Gasteiger partial charge in [-0.25, -0.2) is 0 Å². The van der Waals surface area contributed by atoms with Gasteiger partial charge in [-0.15, -0.1) is 0 Å². The summed E-state index contributed by atoms with van der Waals surface area (Å²) in [5.74, 6) is 0. The second-order valence-corrected chi connectivity index (χ2v) is 5.27. The van der Waals surface area contributed by atoms with Crippen LogP contribution in [0.5, 0.6) is 0 Å². The third-order valence-electron chi connectivity index (χ3n) is 3.86. The van der Waals surface area contributed by atoms with Gasteiger partial charge in [0.2, 0.25) is 0 Å². The number of aryl methyl sites for hydroxylation is 3. The second-order valence-electron chi connectivity index (χ2n) is 5.27. The first kappa shape index (κ1) is 13.2. The van der Waals surface area contributed by atoms with Crippen LogP contribution in [-0.2, 0) is 12.8 Å². The van der Waals surface area contributed by atoms with Crippen LogP contribution < -0.4 is 0 Å². The molecular formula is C17H25N. The summed E-state index contributed by atoms with van der Waals surface area (Å²) in [7, 11) is 0. The molecule has 2 rings (SSSR count). The number of aromatic amines is 1. The Labute approximate surface area is 111 Å². The van der Waals surface area contributed by atoms with Crippen molar-refractivity contribution in [1.29, 1.82) is 0 Å². The molecule has 1 N–H and O–H groups in total. The zero-order chi connectivity index (χ0) is 13.0. The Morgan fingerprint density at radius 1 is 1.06 bits per heavy atom. The highest BCUT2D eigenvalue weighted by atomic mass is 14.7. The first-order valence-corrected chi connectivity index (χ1v) is 7.36. The molecule has 1 aromatic carbocycles. The standard InChI is InChI=1S/C17H25N/c1-4-6-7-8-9-14-10-11-17-16(12-14)15(5-2)13(3)18-17/h10-12,18H,4-9H2,1-3H3. The van der Waals surface area contributed by atoms with Gasteiger partial charge >= 0.3 is 0 Å². The van der Waals surface area contributed by atoms with Gasteiger partial charge in [0.15, 0.2) is 0 Å². The Kier molecular flexibility index (Phi) is 4.46. The fourth-order valence-corrected chi connectivity index (χ4v) is 2.80. The molecule has 0 amide bonds. The van der Waals surface area contributed by atoms with Crippen molar-refractivity contribution in [2.45, 2.75) is 59.3 Å². The van der Waals surface area contributed by atoms with E-state index in [-0.39, 0.29) is 0 Å². The lowest BCUT2D eigenvalue weighted by Gasteiger charge is -2.03. The number of rotatable bonds is 6. The van der Waals surface area contributed by atoms with Crippen molar-refractivity contribution in [3.05, 3.63) is 35.0 Å². The largest absolute Gasteiger partial charge is 0.358 e. The van der Waals surface area contributed by atoms with E-state index < -0.39 is 0 Å². The van der Waals surface area contributed by atoms with Crippen LogP contribution in [0.25, 0.3) is 10.9 Å². The van der Waals surface area contributed by atoms with Crippen LogP contribution >= 0.6 is 0 Å². The van der Waals surface area contributed by atoms with E-state index >= 15 is 0 Å². The lowest BCUT2D eigenvalue weighted by molar-refractivity contribution is 0.667. The highest BCUT2D eigenvalue weighted by Crippen LogP contribution is 2.24. The normalized spacial score (nSPS) is 11.3. The molecule has 98 valence electrons. The van der Waals surface area contributed by atoms with Crippen LogP contribution in [0, 0.1) is 6.92 Å². The topological polar surface area (TPSA) is 15.8 Å². The summed E-state index contributed by atoms with van der Waals surface area (Å²) in [5, 5.41) is 1.43. The van der Waals surface area contributed by atoms with Crippen LogP contribution in [-0.4, -0.2) is 4.98 Å². The lowest BCUT2D eigenvalue weighted by atomic mass is 10.0. The smallest absolute Gasteiger partial charge is 0.0459 e. The van der Waals surface area contributed by atoms with Crippen molar-refractivity contribution in [2.75, 3.05) is 0 Å². The summed E-state index contributed by atoms with van der Waals surface area (Å²) < 4.78 is 0. The van der Waals surface area contributed by atoms with Crippen molar-refractivity contribution in [3.63, 3.8) is 0 Å². The maximum Gasteiger partial charge on any atom is 0.0459 e. The monoisotopic (exact) mass is 243 g/mol. The van der Waals surface area contributed by atoms with Crippen LogP contribution in [0.15, 0.2) is 18.2 Å². The molecule has 0 bridgehead atoms. The van der Waals surface area contributed by atoms with E-state index in [1.165, 1.54) is 59.8 Å². The van der Waals surface area contributed by atoms with E-state index in [2.05, 4.69) is 44.0 Å². The predicted molar refractivity (Wildman–Crippen MR) is 80.3 cm³/mol. The molecule has 1 heterocycles. The molecule has 1 nitrogen and oxygen atoms in total. The summed E-state index contributed by atoms with van der Waals surface area (Å²) in [6.45, 7) is 6.69. The molecule has 2 aromatic rings. The first-order valence-electron chi connectivity index (χ1n) is 7.36. The van der Waals surface area contributed by atoms with Crippen molar-refractivity contribution in [1.82, 2.24) is 4.98 Å². The van der Waals surface area contributed by atoms with Crippen LogP contribution in [0.2, 0.25) is 0 Å². The van der Waals surface area contributed by atoms with Crippen molar-refractivity contribution >= 4 is 10.9 Å². The van der Waals surface area contributed by atoms with E-state index in [4.69, 9.17) is 0 Å². The van der Waals surface area contributed by atoms with Gasteiger partial charge in [0, 0.05) is 16.6 Å². The molecule has 0 unspecified atom stereocenters. The number of unbranched alkanes of at least 4 members (excludes halogenated alkanes) is 3. The van der Waals surface area contributed by atoms with E-state index in [0.29, 0.717) is 0 Å². The van der Waals surface area contributed by atoms with Crippen LogP contribution in [0.1, 0.15) is 56.4 Å². The van der Waals surface area contributed by atoms with Gasteiger partial charge in [-0.05, 0) is 49.4 Å². The van der Waals surface area contributed by atoms with Crippen LogP contribution in [0.3, 0.4) is 0 Å². The van der Waals surface area contributed by atoms with Crippen molar-refractivity contribution < 1.29 is 0 Å². The zero-order valence-electron chi connectivity index (χ0n) is 12.0. The van der Waals surface area contributed by atoms with Gasteiger partial charge in [-0.3, -0.25) is 0 Å². The summed E-state index contributed by atoms with van der Waals surface area (Å²) in [4.78, 5) is 3.48. The third-order valence-corrected chi connectivity index (χ3v) is 3.86. The summed E-state index contributed by atoms with van der Waals surface area (Å²) in [6.07, 6.45) is 7.71. The molecule has 0 radical (unpaired) electrons. The minimum Gasteiger partial charge on any atom is -0.358 e. The number of aromatic nitrogens is 1. The molecule has 0 aliphatic rings. The molecule has 0 aliphatic heterocycles. The summed E-state index contributed by atoms with van der Waals surface area (Å²) in [6, 6.07) is 6.92. The number of hydrogen-bond acceptors (Lipinski definition) is 0. The molecular weight excluding hydrogens is 218 g/mol. The number of H-pyrrole nitrogens is 1. The highest BCUT2D eigenvalue weighted by Gasteiger charge is 2.06. The maximum atomic E-state index is 3.48. The maximum absolute atomic E-state index is 3.48. The van der Waals surface area contributed by atoms with E-state index in [1.807, 2.05) is 0 Å². The average Bonchev–Trinajstić information content (AvgIpc) is 2.69. The number of benzene rings is 1. The predicted octanol–water partition coefficient (Wildman–Crippen LogP) is 5.16. The summed E-state index contributed by atoms with van der Waals surface area (Å²) in [5.41, 5.74) is 5.60. The molecule has 18 heavy (non-hydrogen) atoms. The minimum absolute atomic E-state index is 1.12. The van der Waals surface area contributed by atoms with Crippen molar-refractivity contribution in [2.24, 2.45) is 0 Å². The molecule has 0 fully saturated rings. The fourth-order valence-electron chi connectivity index (χ4n) is 2.80. The van der Waals surface area contributed by atoms with Gasteiger partial charge in [-0.2, -0.15) is 0 Å². The van der Waals surface area contributed by atoms with Gasteiger partial charge < -0.3 is 4.98 Å². The first-order chi connectivity index (χ1) is 8.76. The van der Waals surface area contributed by atoms with Gasteiger partial charge in [-0.1, -0.05) is 39.2 Å². The van der Waals surface area contributed by atoms with Gasteiger partial charge in [0.05, 0.1) is 0 Å². The van der Waals surface area contributed by atoms with Gasteiger partial charge in [0.1, 0.15) is 0 Å². The third kappa shape index (κ3) is 2.77. The van der Waals surface area contributed by atoms with E-state index in [1.54, 1.807) is 0 Å². The Balaban J connectivity index is 2.15. The average molecular weight is 243 g/mol. The van der Waals surface area contributed by atoms with Crippen molar-refractivity contribution in [3.8, 4) is 0 Å². The molecule has 1 heteroatoms. The van der Waals surface area contributed by atoms with Crippen LogP contribution in [0.4, 0.5) is 0 Å². The highest BCUT2D eigenvalue weighted by molar-refractivity contribution is 5.85. The molecule has 0 saturated heterocycles. The molecule has 0 spiro atoms. The fraction of sp³-hybridized carbons (Fsp3) is 0.529. The zero-order valence-corrected chi connectivity index (χ0v) is 12.0. The summed E-state index contributed by atoms with van der Waals surface area (Å²) >= 11 is 0. The number of nitrogens with one attached hydrogen (secondary N) is 1. The molecule has 1 aromatic heterocycles. The quantitative estimate of drug-likeness (QED) is 0.674. The number of fused-ring (bicyclic) bond motifs is 1. The lowest BCUT2D eigenvalue weighted by Crippen LogP contribution is -1.87.